The molecule has 0 aliphatic carbocycles. The lowest BCUT2D eigenvalue weighted by molar-refractivity contribution is 0.0937. The van der Waals surface area contributed by atoms with E-state index in [0.717, 1.165) is 41.0 Å². The Hall–Kier alpha value is -2.62. The van der Waals surface area contributed by atoms with Crippen molar-refractivity contribution in [2.24, 2.45) is 0 Å². The zero-order valence-corrected chi connectivity index (χ0v) is 23.6. The van der Waals surface area contributed by atoms with Gasteiger partial charge in [0.15, 0.2) is 0 Å². The summed E-state index contributed by atoms with van der Waals surface area (Å²) in [6.45, 7) is 7.25. The standard InChI is InChI=1S/C33H49N3O/c1-4-5-6-7-8-9-10-11-12-13-14-15-16-21-26-36-31-25-20-19-24-30(31)35-32(36)28(3)34-33(37)29-23-18-17-22-27(29)2/h17-20,22-25,28H,4-16,21,26H2,1-3H3,(H,34,37). The molecule has 0 radical (unpaired) electrons. The second kappa shape index (κ2) is 16.3. The number of amides is 1. The van der Waals surface area contributed by atoms with Crippen molar-refractivity contribution in [3.05, 3.63) is 65.5 Å². The molecule has 4 heteroatoms. The first kappa shape index (κ1) is 28.9. The number of nitrogens with one attached hydrogen (secondary N) is 1. The van der Waals surface area contributed by atoms with Crippen molar-refractivity contribution in [2.45, 2.75) is 123 Å². The number of benzene rings is 2. The van der Waals surface area contributed by atoms with Gasteiger partial charge >= 0.3 is 0 Å². The summed E-state index contributed by atoms with van der Waals surface area (Å²) in [5, 5.41) is 3.18. The third-order valence-corrected chi connectivity index (χ3v) is 7.54. The normalized spacial score (nSPS) is 12.2. The average Bonchev–Trinajstić information content (AvgIpc) is 3.28. The SMILES string of the molecule is CCCCCCCCCCCCCCCCn1c(C(C)NC(=O)c2ccccc2C)nc2ccccc21. The molecule has 1 atom stereocenters. The lowest BCUT2D eigenvalue weighted by atomic mass is 10.0. The molecule has 4 nitrogen and oxygen atoms in total. The van der Waals surface area contributed by atoms with Crippen LogP contribution in [0.25, 0.3) is 11.0 Å². The van der Waals surface area contributed by atoms with E-state index in [1.165, 1.54) is 83.5 Å². The zero-order valence-electron chi connectivity index (χ0n) is 23.6. The van der Waals surface area contributed by atoms with Gasteiger partial charge in [0.25, 0.3) is 5.91 Å². The highest BCUT2D eigenvalue weighted by Gasteiger charge is 2.19. The third kappa shape index (κ3) is 9.32. The number of aryl methyl sites for hydroxylation is 2. The molecule has 0 saturated carbocycles. The molecule has 0 bridgehead atoms. The van der Waals surface area contributed by atoms with Crippen molar-refractivity contribution < 1.29 is 4.79 Å². The Labute approximate surface area is 225 Å². The molecule has 1 heterocycles. The topological polar surface area (TPSA) is 46.9 Å². The predicted octanol–water partition coefficient (Wildman–Crippen LogP) is 9.32. The van der Waals surface area contributed by atoms with Crippen LogP contribution in [-0.2, 0) is 6.54 Å². The van der Waals surface area contributed by atoms with Crippen LogP contribution >= 0.6 is 0 Å². The monoisotopic (exact) mass is 503 g/mol. The Kier molecular flexibility index (Phi) is 12.7. The number of carbonyl (C=O) groups is 1. The molecule has 1 N–H and O–H groups in total. The Morgan fingerprint density at radius 1 is 0.784 bits per heavy atom. The Balaban J connectivity index is 1.41. The maximum atomic E-state index is 12.9. The number of para-hydroxylation sites is 2. The van der Waals surface area contributed by atoms with Crippen LogP contribution in [-0.4, -0.2) is 15.5 Å². The van der Waals surface area contributed by atoms with Gasteiger partial charge in [0.05, 0.1) is 17.1 Å². The highest BCUT2D eigenvalue weighted by Crippen LogP contribution is 2.23. The number of carbonyl (C=O) groups excluding carboxylic acids is 1. The maximum Gasteiger partial charge on any atom is 0.252 e. The molecule has 0 aliphatic rings. The summed E-state index contributed by atoms with van der Waals surface area (Å²) in [5.41, 5.74) is 3.87. The molecule has 202 valence electrons. The van der Waals surface area contributed by atoms with E-state index < -0.39 is 0 Å². The van der Waals surface area contributed by atoms with Crippen molar-refractivity contribution in [2.75, 3.05) is 0 Å². The summed E-state index contributed by atoms with van der Waals surface area (Å²) in [6, 6.07) is 15.9. The number of aromatic nitrogens is 2. The molecule has 0 aliphatic heterocycles. The zero-order chi connectivity index (χ0) is 26.3. The van der Waals surface area contributed by atoms with E-state index in [1.807, 2.05) is 44.2 Å². The van der Waals surface area contributed by atoms with Crippen molar-refractivity contribution in [3.8, 4) is 0 Å². The molecule has 0 saturated heterocycles. The smallest absolute Gasteiger partial charge is 0.252 e. The van der Waals surface area contributed by atoms with Crippen LogP contribution in [0.4, 0.5) is 0 Å². The number of rotatable bonds is 18. The quantitative estimate of drug-likeness (QED) is 0.176. The number of imidazole rings is 1. The summed E-state index contributed by atoms with van der Waals surface area (Å²) in [6.07, 6.45) is 19.1. The molecular weight excluding hydrogens is 454 g/mol. The summed E-state index contributed by atoms with van der Waals surface area (Å²) in [7, 11) is 0. The molecular formula is C33H49N3O. The van der Waals surface area contributed by atoms with Crippen LogP contribution in [0.3, 0.4) is 0 Å². The molecule has 1 aromatic heterocycles. The van der Waals surface area contributed by atoms with E-state index in [4.69, 9.17) is 4.98 Å². The molecule has 0 fully saturated rings. The second-order valence-electron chi connectivity index (χ2n) is 10.7. The van der Waals surface area contributed by atoms with Gasteiger partial charge < -0.3 is 9.88 Å². The fourth-order valence-corrected chi connectivity index (χ4v) is 5.29. The molecule has 3 rings (SSSR count). The first-order valence-electron chi connectivity index (χ1n) is 14.9. The molecule has 37 heavy (non-hydrogen) atoms. The van der Waals surface area contributed by atoms with Crippen molar-refractivity contribution in [3.63, 3.8) is 0 Å². The van der Waals surface area contributed by atoms with Crippen molar-refractivity contribution >= 4 is 16.9 Å². The molecule has 1 unspecified atom stereocenters. The largest absolute Gasteiger partial charge is 0.342 e. The number of nitrogens with zero attached hydrogens (tertiary/aromatic N) is 2. The number of hydrogen-bond acceptors (Lipinski definition) is 2. The van der Waals surface area contributed by atoms with Gasteiger partial charge in [0, 0.05) is 12.1 Å². The van der Waals surface area contributed by atoms with E-state index in [9.17, 15) is 4.79 Å². The highest BCUT2D eigenvalue weighted by atomic mass is 16.1. The van der Waals surface area contributed by atoms with Gasteiger partial charge in [0.2, 0.25) is 0 Å². The van der Waals surface area contributed by atoms with Crippen LogP contribution < -0.4 is 5.32 Å². The van der Waals surface area contributed by atoms with E-state index in [1.54, 1.807) is 0 Å². The first-order chi connectivity index (χ1) is 18.1. The minimum Gasteiger partial charge on any atom is -0.342 e. The fraction of sp³-hybridized carbons (Fsp3) is 0.576. The van der Waals surface area contributed by atoms with Crippen LogP contribution in [0.15, 0.2) is 48.5 Å². The van der Waals surface area contributed by atoms with E-state index in [2.05, 4.69) is 35.0 Å². The van der Waals surface area contributed by atoms with Crippen LogP contribution in [0.2, 0.25) is 0 Å². The van der Waals surface area contributed by atoms with E-state index in [-0.39, 0.29) is 11.9 Å². The second-order valence-corrected chi connectivity index (χ2v) is 10.7. The molecule has 1 amide bonds. The van der Waals surface area contributed by atoms with Gasteiger partial charge in [-0.1, -0.05) is 121 Å². The van der Waals surface area contributed by atoms with Gasteiger partial charge in [-0.15, -0.1) is 0 Å². The minimum atomic E-state index is -0.161. The van der Waals surface area contributed by atoms with Gasteiger partial charge in [0.1, 0.15) is 5.82 Å². The highest BCUT2D eigenvalue weighted by molar-refractivity contribution is 5.95. The van der Waals surface area contributed by atoms with E-state index in [0.29, 0.717) is 0 Å². The van der Waals surface area contributed by atoms with Gasteiger partial charge in [-0.2, -0.15) is 0 Å². The van der Waals surface area contributed by atoms with Crippen LogP contribution in [0, 0.1) is 6.92 Å². The van der Waals surface area contributed by atoms with E-state index >= 15 is 0 Å². The Morgan fingerprint density at radius 2 is 1.32 bits per heavy atom. The van der Waals surface area contributed by atoms with Crippen molar-refractivity contribution in [1.82, 2.24) is 14.9 Å². The average molecular weight is 504 g/mol. The lowest BCUT2D eigenvalue weighted by Crippen LogP contribution is -2.29. The molecule has 2 aromatic carbocycles. The fourth-order valence-electron chi connectivity index (χ4n) is 5.29. The summed E-state index contributed by atoms with van der Waals surface area (Å²) in [5.74, 6) is 0.901. The van der Waals surface area contributed by atoms with Crippen LogP contribution in [0.1, 0.15) is 132 Å². The summed E-state index contributed by atoms with van der Waals surface area (Å²) in [4.78, 5) is 17.8. The third-order valence-electron chi connectivity index (χ3n) is 7.54. The maximum absolute atomic E-state index is 12.9. The predicted molar refractivity (Wildman–Crippen MR) is 157 cm³/mol. The molecule has 3 aromatic rings. The van der Waals surface area contributed by atoms with Gasteiger partial charge in [-0.3, -0.25) is 4.79 Å². The molecule has 0 spiro atoms. The van der Waals surface area contributed by atoms with Gasteiger partial charge in [-0.25, -0.2) is 4.98 Å². The van der Waals surface area contributed by atoms with Crippen LogP contribution in [0.5, 0.6) is 0 Å². The summed E-state index contributed by atoms with van der Waals surface area (Å²) < 4.78 is 2.32. The number of hydrogen-bond donors (Lipinski definition) is 1. The number of fused-ring (bicyclic) bond motifs is 1. The number of unbranched alkanes of at least 4 members (excludes halogenated alkanes) is 13. The first-order valence-corrected chi connectivity index (χ1v) is 14.9. The summed E-state index contributed by atoms with van der Waals surface area (Å²) >= 11 is 0. The van der Waals surface area contributed by atoms with Crippen molar-refractivity contribution in [1.29, 1.82) is 0 Å². The minimum absolute atomic E-state index is 0.0410. The Bertz CT molecular complexity index is 1070. The van der Waals surface area contributed by atoms with Gasteiger partial charge in [-0.05, 0) is 44.0 Å². The lowest BCUT2D eigenvalue weighted by Gasteiger charge is -2.17. The Morgan fingerprint density at radius 3 is 1.95 bits per heavy atom.